The molecule has 26 heavy (non-hydrogen) atoms. The topological polar surface area (TPSA) is 77.5 Å². The molecule has 6 nitrogen and oxygen atoms in total. The Morgan fingerprint density at radius 1 is 1.23 bits per heavy atom. The summed E-state index contributed by atoms with van der Waals surface area (Å²) in [5, 5.41) is 10.2. The minimum absolute atomic E-state index is 0.0329. The molecule has 0 unspecified atom stereocenters. The summed E-state index contributed by atoms with van der Waals surface area (Å²) in [6, 6.07) is 14.8. The van der Waals surface area contributed by atoms with Crippen LogP contribution in [-0.4, -0.2) is 27.7 Å². The van der Waals surface area contributed by atoms with Crippen LogP contribution in [0.25, 0.3) is 22.2 Å². The first kappa shape index (κ1) is 16.0. The lowest BCUT2D eigenvalue weighted by atomic mass is 10.2. The maximum Gasteiger partial charge on any atom is 0.354 e. The molecular weight excluding hydrogens is 332 g/mol. The largest absolute Gasteiger partial charge is 0.497 e. The molecule has 1 aromatic carbocycles. The number of carboxylic acids is 1. The highest BCUT2D eigenvalue weighted by Gasteiger charge is 2.14. The van der Waals surface area contributed by atoms with Crippen molar-refractivity contribution in [1.82, 2.24) is 9.55 Å². The quantitative estimate of drug-likeness (QED) is 0.589. The Morgan fingerprint density at radius 2 is 2.12 bits per heavy atom. The minimum atomic E-state index is -1.04. The van der Waals surface area contributed by atoms with Crippen molar-refractivity contribution in [3.8, 4) is 17.0 Å². The number of ether oxygens (including phenoxy) is 1. The molecule has 0 saturated carbocycles. The summed E-state index contributed by atoms with van der Waals surface area (Å²) in [7, 11) is 1.64. The molecule has 4 rings (SSSR count). The molecule has 1 N–H and O–H groups in total. The van der Waals surface area contributed by atoms with Crippen LogP contribution in [0.5, 0.6) is 5.75 Å². The molecule has 3 heterocycles. The summed E-state index contributed by atoms with van der Waals surface area (Å²) in [6.07, 6.45) is 3.31. The number of methoxy groups -OCH3 is 1. The normalized spacial score (nSPS) is 11.0. The van der Waals surface area contributed by atoms with Gasteiger partial charge in [-0.3, -0.25) is 0 Å². The van der Waals surface area contributed by atoms with Crippen LogP contribution >= 0.6 is 0 Å². The standard InChI is InChI=1S/C20H16N2O4/c1-25-16-5-6-18-14(9-16)10-19(13-7-8-26-12-13)22(18)11-15-3-2-4-17(21-15)20(23)24/h2-10,12H,11H2,1H3,(H,23,24). The highest BCUT2D eigenvalue weighted by molar-refractivity contribution is 5.88. The third kappa shape index (κ3) is 2.82. The van der Waals surface area contributed by atoms with Gasteiger partial charge in [-0.1, -0.05) is 6.07 Å². The van der Waals surface area contributed by atoms with Gasteiger partial charge in [-0.05, 0) is 42.5 Å². The van der Waals surface area contributed by atoms with Gasteiger partial charge in [0.05, 0.1) is 37.6 Å². The molecule has 0 fully saturated rings. The highest BCUT2D eigenvalue weighted by atomic mass is 16.5. The van der Waals surface area contributed by atoms with Crippen molar-refractivity contribution in [2.45, 2.75) is 6.54 Å². The Bertz CT molecular complexity index is 1080. The predicted molar refractivity (Wildman–Crippen MR) is 96.5 cm³/mol. The summed E-state index contributed by atoms with van der Waals surface area (Å²) < 4.78 is 12.6. The van der Waals surface area contributed by atoms with Crippen molar-refractivity contribution in [1.29, 1.82) is 0 Å². The zero-order valence-electron chi connectivity index (χ0n) is 14.0. The monoisotopic (exact) mass is 348 g/mol. The van der Waals surface area contributed by atoms with Crippen LogP contribution in [0.3, 0.4) is 0 Å². The average Bonchev–Trinajstić information content (AvgIpc) is 3.29. The first-order chi connectivity index (χ1) is 12.7. The third-order valence-corrected chi connectivity index (χ3v) is 4.27. The van der Waals surface area contributed by atoms with E-state index in [-0.39, 0.29) is 5.69 Å². The van der Waals surface area contributed by atoms with Gasteiger partial charge >= 0.3 is 5.97 Å². The van der Waals surface area contributed by atoms with E-state index in [1.807, 2.05) is 30.3 Å². The maximum absolute atomic E-state index is 11.2. The Labute approximate surface area is 149 Å². The number of pyridine rings is 1. The maximum atomic E-state index is 11.2. The molecule has 0 spiro atoms. The Balaban J connectivity index is 1.86. The van der Waals surface area contributed by atoms with Gasteiger partial charge in [0.25, 0.3) is 0 Å². The van der Waals surface area contributed by atoms with Crippen LogP contribution in [0.15, 0.2) is 65.5 Å². The number of carboxylic acid groups (broad SMARTS) is 1. The molecule has 0 amide bonds. The molecule has 0 radical (unpaired) electrons. The van der Waals surface area contributed by atoms with Gasteiger partial charge < -0.3 is 18.8 Å². The van der Waals surface area contributed by atoms with Gasteiger partial charge in [0.2, 0.25) is 0 Å². The number of fused-ring (bicyclic) bond motifs is 1. The van der Waals surface area contributed by atoms with Crippen LogP contribution in [0.1, 0.15) is 16.2 Å². The van der Waals surface area contributed by atoms with E-state index in [4.69, 9.17) is 9.15 Å². The van der Waals surface area contributed by atoms with Gasteiger partial charge in [0.15, 0.2) is 0 Å². The smallest absolute Gasteiger partial charge is 0.354 e. The molecule has 0 aliphatic carbocycles. The lowest BCUT2D eigenvalue weighted by Crippen LogP contribution is -2.07. The van der Waals surface area contributed by atoms with Crippen molar-refractivity contribution in [3.63, 3.8) is 0 Å². The zero-order chi connectivity index (χ0) is 18.1. The highest BCUT2D eigenvalue weighted by Crippen LogP contribution is 2.31. The van der Waals surface area contributed by atoms with E-state index in [2.05, 4.69) is 15.6 Å². The van der Waals surface area contributed by atoms with Gasteiger partial charge in [0.1, 0.15) is 11.4 Å². The summed E-state index contributed by atoms with van der Waals surface area (Å²) in [5.41, 5.74) is 3.61. The van der Waals surface area contributed by atoms with Crippen LogP contribution < -0.4 is 4.74 Å². The fourth-order valence-electron chi connectivity index (χ4n) is 3.04. The number of hydrogen-bond donors (Lipinski definition) is 1. The summed E-state index contributed by atoms with van der Waals surface area (Å²) in [6.45, 7) is 0.442. The first-order valence-electron chi connectivity index (χ1n) is 8.05. The number of benzene rings is 1. The van der Waals surface area contributed by atoms with Crippen molar-refractivity contribution >= 4 is 16.9 Å². The van der Waals surface area contributed by atoms with E-state index in [1.165, 1.54) is 6.07 Å². The number of rotatable bonds is 5. The number of furan rings is 1. The molecule has 130 valence electrons. The lowest BCUT2D eigenvalue weighted by molar-refractivity contribution is 0.0690. The zero-order valence-corrected chi connectivity index (χ0v) is 14.0. The van der Waals surface area contributed by atoms with E-state index in [0.29, 0.717) is 12.2 Å². The van der Waals surface area contributed by atoms with Crippen LogP contribution in [-0.2, 0) is 6.54 Å². The Kier molecular flexibility index (Phi) is 3.93. The van der Waals surface area contributed by atoms with E-state index >= 15 is 0 Å². The second-order valence-electron chi connectivity index (χ2n) is 5.87. The van der Waals surface area contributed by atoms with Crippen LogP contribution in [0.2, 0.25) is 0 Å². The van der Waals surface area contributed by atoms with Crippen LogP contribution in [0, 0.1) is 0 Å². The third-order valence-electron chi connectivity index (χ3n) is 4.27. The van der Waals surface area contributed by atoms with Crippen LogP contribution in [0.4, 0.5) is 0 Å². The van der Waals surface area contributed by atoms with E-state index < -0.39 is 5.97 Å². The predicted octanol–water partition coefficient (Wildman–Crippen LogP) is 4.05. The number of aromatic nitrogens is 2. The molecule has 6 heteroatoms. The van der Waals surface area contributed by atoms with E-state index in [0.717, 1.165) is 27.9 Å². The summed E-state index contributed by atoms with van der Waals surface area (Å²) >= 11 is 0. The molecule has 0 atom stereocenters. The van der Waals surface area contributed by atoms with E-state index in [9.17, 15) is 9.90 Å². The number of hydrogen-bond acceptors (Lipinski definition) is 4. The van der Waals surface area contributed by atoms with Gasteiger partial charge in [-0.15, -0.1) is 0 Å². The number of nitrogens with zero attached hydrogens (tertiary/aromatic N) is 2. The summed E-state index contributed by atoms with van der Waals surface area (Å²) in [4.78, 5) is 15.4. The van der Waals surface area contributed by atoms with E-state index in [1.54, 1.807) is 25.7 Å². The number of carbonyl (C=O) groups is 1. The Morgan fingerprint density at radius 3 is 2.85 bits per heavy atom. The molecular formula is C20H16N2O4. The Hall–Kier alpha value is -3.54. The van der Waals surface area contributed by atoms with Crippen molar-refractivity contribution in [2.24, 2.45) is 0 Å². The fourth-order valence-corrected chi connectivity index (χ4v) is 3.04. The minimum Gasteiger partial charge on any atom is -0.497 e. The fraction of sp³-hybridized carbons (Fsp3) is 0.100. The van der Waals surface area contributed by atoms with Gasteiger partial charge in [-0.2, -0.15) is 0 Å². The second-order valence-corrected chi connectivity index (χ2v) is 5.87. The van der Waals surface area contributed by atoms with Crippen molar-refractivity contribution in [2.75, 3.05) is 7.11 Å². The van der Waals surface area contributed by atoms with Gasteiger partial charge in [0, 0.05) is 16.5 Å². The SMILES string of the molecule is COc1ccc2c(c1)cc(-c1ccoc1)n2Cc1cccc(C(=O)O)n1. The summed E-state index contributed by atoms with van der Waals surface area (Å²) in [5.74, 6) is -0.261. The lowest BCUT2D eigenvalue weighted by Gasteiger charge is -2.10. The molecule has 0 aliphatic heterocycles. The van der Waals surface area contributed by atoms with Crippen molar-refractivity contribution < 1.29 is 19.1 Å². The molecule has 0 aliphatic rings. The average molecular weight is 348 g/mol. The van der Waals surface area contributed by atoms with Crippen molar-refractivity contribution in [3.05, 3.63) is 72.4 Å². The molecule has 0 bridgehead atoms. The first-order valence-corrected chi connectivity index (χ1v) is 8.05. The van der Waals surface area contributed by atoms with Gasteiger partial charge in [-0.25, -0.2) is 9.78 Å². The molecule has 3 aromatic heterocycles. The number of aromatic carboxylic acids is 1. The molecule has 4 aromatic rings. The molecule has 0 saturated heterocycles. The second kappa shape index (κ2) is 6.40.